The van der Waals surface area contributed by atoms with Crippen molar-refractivity contribution in [2.45, 2.75) is 56.7 Å². The number of carbonyl (C=O) groups is 4. The van der Waals surface area contributed by atoms with E-state index in [1.165, 1.54) is 39.2 Å². The lowest BCUT2D eigenvalue weighted by Gasteiger charge is -2.34. The van der Waals surface area contributed by atoms with Crippen LogP contribution < -0.4 is 4.72 Å². The first kappa shape index (κ1) is 28.5. The predicted octanol–water partition coefficient (Wildman–Crippen LogP) is 1.44. The summed E-state index contributed by atoms with van der Waals surface area (Å²) in [5, 5.41) is 0.993. The number of likely N-dealkylation sites (tertiary alicyclic amines) is 3. The van der Waals surface area contributed by atoms with Gasteiger partial charge in [-0.05, 0) is 56.7 Å². The van der Waals surface area contributed by atoms with Gasteiger partial charge in [-0.15, -0.1) is 11.3 Å². The Morgan fingerprint density at radius 2 is 1.76 bits per heavy atom. The summed E-state index contributed by atoms with van der Waals surface area (Å²) in [5.74, 6) is -1.60. The number of hydrogen-bond donors (Lipinski definition) is 1. The monoisotopic (exact) mass is 586 g/mol. The molecule has 208 valence electrons. The van der Waals surface area contributed by atoms with Gasteiger partial charge in [0.2, 0.25) is 27.7 Å². The van der Waals surface area contributed by atoms with Crippen LogP contribution in [-0.2, 0) is 33.9 Å². The van der Waals surface area contributed by atoms with Gasteiger partial charge in [-0.1, -0.05) is 11.6 Å². The average Bonchev–Trinajstić information content (AvgIpc) is 3.65. The molecule has 3 aliphatic rings. The molecule has 4 rings (SSSR count). The molecule has 0 bridgehead atoms. The maximum Gasteiger partial charge on any atom is 0.328 e. The third-order valence-electron chi connectivity index (χ3n) is 7.04. The second kappa shape index (κ2) is 12.1. The lowest BCUT2D eigenvalue weighted by Crippen LogP contribution is -2.56. The molecule has 3 aliphatic heterocycles. The van der Waals surface area contributed by atoms with Crippen LogP contribution in [0.25, 0.3) is 6.08 Å². The van der Waals surface area contributed by atoms with Crippen LogP contribution in [0.2, 0.25) is 4.34 Å². The van der Waals surface area contributed by atoms with E-state index in [0.29, 0.717) is 67.4 Å². The fraction of sp³-hybridized carbons (Fsp3) is 0.583. The van der Waals surface area contributed by atoms with Crippen LogP contribution in [0, 0.1) is 0 Å². The molecular weight excluding hydrogens is 556 g/mol. The minimum absolute atomic E-state index is 0.245. The zero-order valence-corrected chi connectivity index (χ0v) is 23.4. The number of thiophene rings is 1. The lowest BCUT2D eigenvalue weighted by atomic mass is 10.1. The van der Waals surface area contributed by atoms with Gasteiger partial charge >= 0.3 is 5.97 Å². The van der Waals surface area contributed by atoms with Crippen molar-refractivity contribution in [1.29, 1.82) is 0 Å². The third kappa shape index (κ3) is 6.56. The van der Waals surface area contributed by atoms with E-state index in [1.807, 2.05) is 0 Å². The minimum atomic E-state index is -3.91. The van der Waals surface area contributed by atoms with Gasteiger partial charge in [0, 0.05) is 29.9 Å². The number of hydrogen-bond acceptors (Lipinski definition) is 8. The number of nitrogens with one attached hydrogen (secondary N) is 1. The summed E-state index contributed by atoms with van der Waals surface area (Å²) in [4.78, 5) is 56.6. The van der Waals surface area contributed by atoms with Crippen LogP contribution in [0.3, 0.4) is 0 Å². The van der Waals surface area contributed by atoms with Gasteiger partial charge in [-0.3, -0.25) is 14.4 Å². The summed E-state index contributed by atoms with van der Waals surface area (Å²) in [7, 11) is -2.63. The largest absolute Gasteiger partial charge is 0.467 e. The highest BCUT2D eigenvalue weighted by atomic mass is 35.5. The molecule has 0 radical (unpaired) electrons. The Kier molecular flexibility index (Phi) is 9.11. The van der Waals surface area contributed by atoms with Crippen LogP contribution in [0.15, 0.2) is 17.5 Å². The van der Waals surface area contributed by atoms with Crippen molar-refractivity contribution >= 4 is 62.7 Å². The van der Waals surface area contributed by atoms with E-state index in [2.05, 4.69) is 4.72 Å². The van der Waals surface area contributed by atoms with Gasteiger partial charge in [-0.2, -0.15) is 4.72 Å². The van der Waals surface area contributed by atoms with Crippen LogP contribution in [-0.4, -0.2) is 98.2 Å². The first-order valence-electron chi connectivity index (χ1n) is 12.5. The Balaban J connectivity index is 1.37. The molecule has 14 heteroatoms. The smallest absolute Gasteiger partial charge is 0.328 e. The number of amides is 3. The quantitative estimate of drug-likeness (QED) is 0.456. The number of sulfonamides is 1. The van der Waals surface area contributed by atoms with Crippen molar-refractivity contribution in [3.63, 3.8) is 0 Å². The SMILES string of the molecule is COC(=O)C1CCCN1C(=O)C1CCCN1C(=O)CN1CCCC(NS(=O)(=O)/C=C/c2ccc(Cl)s2)C1=O. The number of piperidine rings is 1. The molecule has 3 atom stereocenters. The van der Waals surface area contributed by atoms with Gasteiger partial charge in [0.1, 0.15) is 18.1 Å². The fourth-order valence-electron chi connectivity index (χ4n) is 5.20. The molecular formula is C24H31ClN4O7S2. The first-order chi connectivity index (χ1) is 18.1. The number of rotatable bonds is 8. The number of nitrogens with zero attached hydrogens (tertiary/aromatic N) is 3. The van der Waals surface area contributed by atoms with E-state index < -0.39 is 40.0 Å². The van der Waals surface area contributed by atoms with Gasteiger partial charge in [0.25, 0.3) is 0 Å². The second-order valence-electron chi connectivity index (χ2n) is 9.52. The number of esters is 1. The van der Waals surface area contributed by atoms with Crippen LogP contribution in [0.4, 0.5) is 0 Å². The number of carbonyl (C=O) groups excluding carboxylic acids is 4. The van der Waals surface area contributed by atoms with Gasteiger partial charge < -0.3 is 19.4 Å². The molecule has 0 aromatic carbocycles. The molecule has 1 aromatic rings. The third-order valence-corrected chi connectivity index (χ3v) is 9.34. The van der Waals surface area contributed by atoms with Crippen molar-refractivity contribution in [1.82, 2.24) is 19.4 Å². The van der Waals surface area contributed by atoms with E-state index >= 15 is 0 Å². The Bertz CT molecular complexity index is 1220. The maximum absolute atomic E-state index is 13.3. The van der Waals surface area contributed by atoms with E-state index in [0.717, 1.165) is 5.41 Å². The standard InChI is InChI=1S/C24H31ClN4O7S2/c1-36-24(33)19-7-4-13-29(19)23(32)18-6-3-12-28(18)21(30)15-27-11-2-5-17(22(27)31)26-38(34,35)14-10-16-8-9-20(25)37-16/h8-10,14,17-19,26H,2-7,11-13,15H2,1H3/b14-10+. The molecule has 4 heterocycles. The Morgan fingerprint density at radius 3 is 2.45 bits per heavy atom. The number of halogens is 1. The molecule has 0 saturated carbocycles. The van der Waals surface area contributed by atoms with Crippen LogP contribution in [0.5, 0.6) is 0 Å². The molecule has 1 N–H and O–H groups in total. The Hall–Kier alpha value is -2.48. The summed E-state index contributed by atoms with van der Waals surface area (Å²) < 4.78 is 32.9. The fourth-order valence-corrected chi connectivity index (χ4v) is 7.27. The average molecular weight is 587 g/mol. The van der Waals surface area contributed by atoms with Gasteiger partial charge in [-0.25, -0.2) is 13.2 Å². The Morgan fingerprint density at radius 1 is 1.08 bits per heavy atom. The van der Waals surface area contributed by atoms with Crippen LogP contribution in [0.1, 0.15) is 43.4 Å². The van der Waals surface area contributed by atoms with E-state index in [9.17, 15) is 27.6 Å². The van der Waals surface area contributed by atoms with Gasteiger partial charge in [0.05, 0.1) is 18.0 Å². The van der Waals surface area contributed by atoms with Crippen molar-refractivity contribution < 1.29 is 32.3 Å². The molecule has 3 fully saturated rings. The van der Waals surface area contributed by atoms with Crippen LogP contribution >= 0.6 is 22.9 Å². The molecule has 11 nitrogen and oxygen atoms in total. The zero-order valence-electron chi connectivity index (χ0n) is 21.0. The van der Waals surface area contributed by atoms with E-state index in [4.69, 9.17) is 16.3 Å². The highest BCUT2D eigenvalue weighted by Crippen LogP contribution is 2.26. The van der Waals surface area contributed by atoms with E-state index in [-0.39, 0.29) is 18.4 Å². The van der Waals surface area contributed by atoms with Crippen molar-refractivity contribution in [3.8, 4) is 0 Å². The topological polar surface area (TPSA) is 133 Å². The summed E-state index contributed by atoms with van der Waals surface area (Å²) in [6, 6.07) is 1.02. The molecule has 0 spiro atoms. The zero-order chi connectivity index (χ0) is 27.4. The van der Waals surface area contributed by atoms with E-state index in [1.54, 1.807) is 12.1 Å². The molecule has 38 heavy (non-hydrogen) atoms. The molecule has 3 amide bonds. The lowest BCUT2D eigenvalue weighted by molar-refractivity contribution is -0.154. The maximum atomic E-state index is 13.3. The highest BCUT2D eigenvalue weighted by molar-refractivity contribution is 7.92. The number of ether oxygens (including phenoxy) is 1. The summed E-state index contributed by atoms with van der Waals surface area (Å²) in [6.45, 7) is 0.874. The van der Waals surface area contributed by atoms with Crippen molar-refractivity contribution in [3.05, 3.63) is 26.8 Å². The molecule has 1 aromatic heterocycles. The number of methoxy groups -OCH3 is 1. The molecule has 3 unspecified atom stereocenters. The summed E-state index contributed by atoms with van der Waals surface area (Å²) >= 11 is 7.10. The second-order valence-corrected chi connectivity index (χ2v) is 12.9. The van der Waals surface area contributed by atoms with Gasteiger partial charge in [0.15, 0.2) is 0 Å². The minimum Gasteiger partial charge on any atom is -0.467 e. The van der Waals surface area contributed by atoms with Crippen molar-refractivity contribution in [2.24, 2.45) is 0 Å². The molecule has 0 aliphatic carbocycles. The predicted molar refractivity (Wildman–Crippen MR) is 142 cm³/mol. The first-order valence-corrected chi connectivity index (χ1v) is 15.3. The normalized spacial score (nSPS) is 24.4. The highest BCUT2D eigenvalue weighted by Gasteiger charge is 2.43. The van der Waals surface area contributed by atoms with Crippen molar-refractivity contribution in [2.75, 3.05) is 33.3 Å². The summed E-state index contributed by atoms with van der Waals surface area (Å²) in [6.07, 6.45) is 4.56. The molecule has 3 saturated heterocycles. The summed E-state index contributed by atoms with van der Waals surface area (Å²) in [5.41, 5.74) is 0. The Labute approximate surface area is 230 Å².